The first-order chi connectivity index (χ1) is 28.5. The molecule has 1 unspecified atom stereocenters. The normalized spacial score (nSPS) is 12.0. The minimum Gasteiger partial charge on any atom is -0.462 e. The molecule has 0 aliphatic carbocycles. The lowest BCUT2D eigenvalue weighted by molar-refractivity contribution is -0.167. The Morgan fingerprint density at radius 3 is 0.931 bits per heavy atom. The van der Waals surface area contributed by atoms with Crippen LogP contribution in [0.15, 0.2) is 12.2 Å². The molecule has 58 heavy (non-hydrogen) atoms. The molecule has 0 amide bonds. The molecule has 0 radical (unpaired) electrons. The van der Waals surface area contributed by atoms with Crippen molar-refractivity contribution in [3.8, 4) is 0 Å². The molecule has 0 spiro atoms. The van der Waals surface area contributed by atoms with E-state index in [4.69, 9.17) is 14.2 Å². The maximum Gasteiger partial charge on any atom is 0.306 e. The Morgan fingerprint density at radius 2 is 0.603 bits per heavy atom. The Kier molecular flexibility index (Phi) is 46.3. The second kappa shape index (κ2) is 47.8. The van der Waals surface area contributed by atoms with Gasteiger partial charge in [-0.3, -0.25) is 14.4 Å². The van der Waals surface area contributed by atoms with Crippen molar-refractivity contribution in [2.75, 3.05) is 13.2 Å². The molecule has 6 heteroatoms. The lowest BCUT2D eigenvalue weighted by Crippen LogP contribution is -2.30. The molecule has 0 heterocycles. The zero-order valence-electron chi connectivity index (χ0n) is 39.1. The Bertz CT molecular complexity index is 900. The van der Waals surface area contributed by atoms with Gasteiger partial charge in [-0.05, 0) is 38.5 Å². The van der Waals surface area contributed by atoms with Crippen molar-refractivity contribution in [3.05, 3.63) is 12.2 Å². The highest BCUT2D eigenvalue weighted by Gasteiger charge is 2.19. The van der Waals surface area contributed by atoms with Crippen LogP contribution in [0.1, 0.15) is 284 Å². The van der Waals surface area contributed by atoms with E-state index < -0.39 is 6.10 Å². The van der Waals surface area contributed by atoms with Crippen LogP contribution in [0.3, 0.4) is 0 Å². The molecule has 0 saturated carbocycles. The highest BCUT2D eigenvalue weighted by molar-refractivity contribution is 5.71. The van der Waals surface area contributed by atoms with Gasteiger partial charge in [-0.15, -0.1) is 0 Å². The van der Waals surface area contributed by atoms with Crippen molar-refractivity contribution in [3.63, 3.8) is 0 Å². The first-order valence-electron chi connectivity index (χ1n) is 25.7. The van der Waals surface area contributed by atoms with Crippen LogP contribution in [-0.2, 0) is 28.6 Å². The number of esters is 3. The molecule has 6 nitrogen and oxygen atoms in total. The van der Waals surface area contributed by atoms with Crippen molar-refractivity contribution in [2.45, 2.75) is 290 Å². The van der Waals surface area contributed by atoms with Crippen LogP contribution in [0.5, 0.6) is 0 Å². The highest BCUT2D eigenvalue weighted by Crippen LogP contribution is 2.17. The van der Waals surface area contributed by atoms with Crippen molar-refractivity contribution < 1.29 is 28.6 Å². The van der Waals surface area contributed by atoms with Gasteiger partial charge < -0.3 is 14.2 Å². The Morgan fingerprint density at radius 1 is 0.328 bits per heavy atom. The molecule has 0 aliphatic rings. The summed E-state index contributed by atoms with van der Waals surface area (Å²) in [7, 11) is 0. The molecule has 0 aromatic carbocycles. The largest absolute Gasteiger partial charge is 0.462 e. The molecule has 0 bridgehead atoms. The summed E-state index contributed by atoms with van der Waals surface area (Å²) in [6.07, 6.45) is 52.3. The van der Waals surface area contributed by atoms with Crippen LogP contribution in [-0.4, -0.2) is 37.2 Å². The van der Waals surface area contributed by atoms with Crippen LogP contribution in [0.2, 0.25) is 0 Å². The Hall–Kier alpha value is -1.85. The van der Waals surface area contributed by atoms with Crippen LogP contribution in [0, 0.1) is 0 Å². The number of allylic oxidation sites excluding steroid dienone is 2. The summed E-state index contributed by atoms with van der Waals surface area (Å²) in [6, 6.07) is 0. The van der Waals surface area contributed by atoms with Gasteiger partial charge in [0, 0.05) is 19.3 Å². The molecule has 0 aliphatic heterocycles. The van der Waals surface area contributed by atoms with E-state index in [2.05, 4.69) is 32.9 Å². The average Bonchev–Trinajstić information content (AvgIpc) is 3.22. The standard InChI is InChI=1S/C52H98O6/c1-4-7-10-13-16-18-20-21-22-23-24-25-26-27-28-29-30-31-32-34-36-39-42-45-51(54)57-48-49(47-56-50(53)44-41-38-35-15-12-9-6-3)58-52(55)46-43-40-37-33-19-17-14-11-8-5-2/h11,14,49H,4-10,12-13,15-48H2,1-3H3/b14-11-. The molecule has 0 rings (SSSR count). The van der Waals surface area contributed by atoms with Crippen LogP contribution >= 0.6 is 0 Å². The third-order valence-corrected chi connectivity index (χ3v) is 11.5. The summed E-state index contributed by atoms with van der Waals surface area (Å²) in [6.45, 7) is 6.56. The summed E-state index contributed by atoms with van der Waals surface area (Å²) >= 11 is 0. The molecule has 0 N–H and O–H groups in total. The van der Waals surface area contributed by atoms with Crippen molar-refractivity contribution in [1.82, 2.24) is 0 Å². The molecule has 0 saturated heterocycles. The maximum atomic E-state index is 12.7. The summed E-state index contributed by atoms with van der Waals surface area (Å²) in [5.74, 6) is -0.875. The van der Waals surface area contributed by atoms with Crippen LogP contribution in [0.25, 0.3) is 0 Å². The topological polar surface area (TPSA) is 78.9 Å². The second-order valence-electron chi connectivity index (χ2n) is 17.4. The highest BCUT2D eigenvalue weighted by atomic mass is 16.6. The predicted molar refractivity (Wildman–Crippen MR) is 247 cm³/mol. The molecular formula is C52H98O6. The number of unbranched alkanes of at least 4 members (excludes halogenated alkanes) is 34. The van der Waals surface area contributed by atoms with Gasteiger partial charge >= 0.3 is 17.9 Å². The zero-order valence-corrected chi connectivity index (χ0v) is 39.1. The summed E-state index contributed by atoms with van der Waals surface area (Å²) in [5, 5.41) is 0. The summed E-state index contributed by atoms with van der Waals surface area (Å²) in [5.41, 5.74) is 0. The van der Waals surface area contributed by atoms with E-state index in [-0.39, 0.29) is 31.1 Å². The van der Waals surface area contributed by atoms with Gasteiger partial charge in [0.05, 0.1) is 0 Å². The van der Waals surface area contributed by atoms with Gasteiger partial charge in [0.15, 0.2) is 6.10 Å². The Balaban J connectivity index is 4.05. The van der Waals surface area contributed by atoms with Gasteiger partial charge in [0.1, 0.15) is 13.2 Å². The number of rotatable bonds is 47. The predicted octanol–water partition coefficient (Wildman–Crippen LogP) is 16.6. The van der Waals surface area contributed by atoms with Crippen LogP contribution < -0.4 is 0 Å². The lowest BCUT2D eigenvalue weighted by Gasteiger charge is -2.18. The van der Waals surface area contributed by atoms with Crippen molar-refractivity contribution in [1.29, 1.82) is 0 Å². The molecule has 1 atom stereocenters. The van der Waals surface area contributed by atoms with Gasteiger partial charge in [-0.1, -0.05) is 238 Å². The number of carbonyl (C=O) groups is 3. The zero-order chi connectivity index (χ0) is 42.3. The molecule has 0 fully saturated rings. The third kappa shape index (κ3) is 45.2. The second-order valence-corrected chi connectivity index (χ2v) is 17.4. The van der Waals surface area contributed by atoms with Crippen LogP contribution in [0.4, 0.5) is 0 Å². The van der Waals surface area contributed by atoms with Gasteiger partial charge in [0.25, 0.3) is 0 Å². The fourth-order valence-electron chi connectivity index (χ4n) is 7.62. The Labute approximate surface area is 360 Å². The quantitative estimate of drug-likeness (QED) is 0.0263. The maximum absolute atomic E-state index is 12.7. The SMILES string of the molecule is CCC/C=C\CCCCCCCC(=O)OC(COC(=O)CCCCCCCCC)COC(=O)CCCCCCCCCCCCCCCCCCCCCCCCC. The first kappa shape index (κ1) is 56.1. The van der Waals surface area contributed by atoms with Gasteiger partial charge in [-0.25, -0.2) is 0 Å². The van der Waals surface area contributed by atoms with Crippen molar-refractivity contribution in [2.24, 2.45) is 0 Å². The smallest absolute Gasteiger partial charge is 0.306 e. The van der Waals surface area contributed by atoms with E-state index in [1.807, 2.05) is 0 Å². The fraction of sp³-hybridized carbons (Fsp3) is 0.904. The molecular weight excluding hydrogens is 721 g/mol. The number of hydrogen-bond donors (Lipinski definition) is 0. The number of carbonyl (C=O) groups excluding carboxylic acids is 3. The van der Waals surface area contributed by atoms with E-state index in [0.717, 1.165) is 70.6 Å². The fourth-order valence-corrected chi connectivity index (χ4v) is 7.62. The van der Waals surface area contributed by atoms with E-state index in [0.29, 0.717) is 19.3 Å². The number of ether oxygens (including phenoxy) is 3. The van der Waals surface area contributed by atoms with Crippen molar-refractivity contribution >= 4 is 17.9 Å². The van der Waals surface area contributed by atoms with Gasteiger partial charge in [0.2, 0.25) is 0 Å². The van der Waals surface area contributed by atoms with E-state index in [1.54, 1.807) is 0 Å². The number of hydrogen-bond acceptors (Lipinski definition) is 6. The molecule has 0 aromatic rings. The van der Waals surface area contributed by atoms with E-state index in [1.165, 1.54) is 173 Å². The minimum atomic E-state index is -0.765. The monoisotopic (exact) mass is 819 g/mol. The minimum absolute atomic E-state index is 0.0693. The lowest BCUT2D eigenvalue weighted by atomic mass is 10.0. The van der Waals surface area contributed by atoms with Gasteiger partial charge in [-0.2, -0.15) is 0 Å². The molecule has 342 valence electrons. The van der Waals surface area contributed by atoms with E-state index >= 15 is 0 Å². The van der Waals surface area contributed by atoms with E-state index in [9.17, 15) is 14.4 Å². The molecule has 0 aromatic heterocycles. The summed E-state index contributed by atoms with van der Waals surface area (Å²) < 4.78 is 16.7. The summed E-state index contributed by atoms with van der Waals surface area (Å²) in [4.78, 5) is 37.6. The first-order valence-corrected chi connectivity index (χ1v) is 25.7. The average molecular weight is 819 g/mol. The third-order valence-electron chi connectivity index (χ3n) is 11.5.